The average molecular weight is 303 g/mol. The summed E-state index contributed by atoms with van der Waals surface area (Å²) in [5, 5.41) is 1.74. The summed E-state index contributed by atoms with van der Waals surface area (Å²) in [6.45, 7) is 2.23. The summed E-state index contributed by atoms with van der Waals surface area (Å²) < 4.78 is 28.3. The minimum Gasteiger partial charge on any atom is -0.208 e. The highest BCUT2D eigenvalue weighted by molar-refractivity contribution is 7.89. The van der Waals surface area contributed by atoms with Gasteiger partial charge in [-0.15, -0.1) is 0 Å². The van der Waals surface area contributed by atoms with Gasteiger partial charge in [0.2, 0.25) is 10.0 Å². The molecule has 0 atom stereocenters. The molecule has 0 heterocycles. The van der Waals surface area contributed by atoms with E-state index in [-0.39, 0.29) is 6.04 Å². The van der Waals surface area contributed by atoms with Crippen LogP contribution in [-0.2, 0) is 10.0 Å². The van der Waals surface area contributed by atoms with E-state index in [4.69, 9.17) is 0 Å². The van der Waals surface area contributed by atoms with Crippen molar-refractivity contribution in [3.8, 4) is 0 Å². The van der Waals surface area contributed by atoms with Crippen molar-refractivity contribution in [1.29, 1.82) is 0 Å². The second-order valence-electron chi connectivity index (χ2n) is 6.06. The SMILES string of the molecule is CC1CCC(NS(=O)(=O)c2cccc3ccccc23)CC1. The summed E-state index contributed by atoms with van der Waals surface area (Å²) >= 11 is 0. The molecule has 0 spiro atoms. The maximum absolute atomic E-state index is 12.7. The lowest BCUT2D eigenvalue weighted by molar-refractivity contribution is 0.332. The molecule has 0 radical (unpaired) electrons. The Hall–Kier alpha value is -1.39. The molecule has 1 aliphatic rings. The number of hydrogen-bond acceptors (Lipinski definition) is 2. The molecule has 0 aromatic heterocycles. The fourth-order valence-electron chi connectivity index (χ4n) is 3.09. The minimum atomic E-state index is -3.45. The lowest BCUT2D eigenvalue weighted by Crippen LogP contribution is -2.37. The normalized spacial score (nSPS) is 23.3. The molecule has 1 saturated carbocycles. The summed E-state index contributed by atoms with van der Waals surface area (Å²) in [5.41, 5.74) is 0. The van der Waals surface area contributed by atoms with Gasteiger partial charge in [0, 0.05) is 11.4 Å². The zero-order valence-corrected chi connectivity index (χ0v) is 13.1. The van der Waals surface area contributed by atoms with Crippen LogP contribution in [0.25, 0.3) is 10.8 Å². The Morgan fingerprint density at radius 3 is 2.38 bits per heavy atom. The maximum atomic E-state index is 12.7. The van der Waals surface area contributed by atoms with Crippen molar-refractivity contribution in [3.05, 3.63) is 42.5 Å². The van der Waals surface area contributed by atoms with Gasteiger partial charge in [-0.3, -0.25) is 0 Å². The van der Waals surface area contributed by atoms with Crippen molar-refractivity contribution in [1.82, 2.24) is 4.72 Å². The van der Waals surface area contributed by atoms with Crippen LogP contribution < -0.4 is 4.72 Å². The molecule has 2 aromatic rings. The van der Waals surface area contributed by atoms with Crippen LogP contribution >= 0.6 is 0 Å². The molecule has 0 unspecified atom stereocenters. The van der Waals surface area contributed by atoms with Gasteiger partial charge in [0.05, 0.1) is 4.90 Å². The molecule has 3 nitrogen and oxygen atoms in total. The van der Waals surface area contributed by atoms with E-state index in [1.807, 2.05) is 30.3 Å². The van der Waals surface area contributed by atoms with Crippen LogP contribution in [0.2, 0.25) is 0 Å². The highest BCUT2D eigenvalue weighted by Gasteiger charge is 2.25. The van der Waals surface area contributed by atoms with Crippen LogP contribution in [0.1, 0.15) is 32.6 Å². The smallest absolute Gasteiger partial charge is 0.208 e. The molecule has 0 aliphatic heterocycles. The van der Waals surface area contributed by atoms with Crippen LogP contribution in [0.15, 0.2) is 47.4 Å². The molecule has 112 valence electrons. The Morgan fingerprint density at radius 1 is 0.952 bits per heavy atom. The van der Waals surface area contributed by atoms with Crippen molar-refractivity contribution in [2.75, 3.05) is 0 Å². The Kier molecular flexibility index (Phi) is 4.00. The van der Waals surface area contributed by atoms with Crippen molar-refractivity contribution in [2.45, 2.75) is 43.5 Å². The summed E-state index contributed by atoms with van der Waals surface area (Å²) in [6.07, 6.45) is 4.07. The van der Waals surface area contributed by atoms with E-state index in [9.17, 15) is 8.42 Å². The molecule has 1 fully saturated rings. The first-order valence-electron chi connectivity index (χ1n) is 7.56. The van der Waals surface area contributed by atoms with Gasteiger partial charge in [-0.25, -0.2) is 13.1 Å². The number of fused-ring (bicyclic) bond motifs is 1. The second kappa shape index (κ2) is 5.78. The third kappa shape index (κ3) is 3.11. The van der Waals surface area contributed by atoms with Crippen molar-refractivity contribution in [3.63, 3.8) is 0 Å². The Morgan fingerprint density at radius 2 is 1.62 bits per heavy atom. The first-order chi connectivity index (χ1) is 10.1. The number of sulfonamides is 1. The molecule has 0 amide bonds. The zero-order valence-electron chi connectivity index (χ0n) is 12.2. The fourth-order valence-corrected chi connectivity index (χ4v) is 4.63. The standard InChI is InChI=1S/C17H21NO2S/c1-13-9-11-15(12-10-13)18-21(19,20)17-8-4-6-14-5-2-3-7-16(14)17/h2-8,13,15,18H,9-12H2,1H3. The molecule has 2 aromatic carbocycles. The Balaban J connectivity index is 1.90. The average Bonchev–Trinajstić information content (AvgIpc) is 2.49. The summed E-state index contributed by atoms with van der Waals surface area (Å²) in [6, 6.07) is 13.1. The van der Waals surface area contributed by atoms with Gasteiger partial charge in [-0.05, 0) is 43.1 Å². The molecular weight excluding hydrogens is 282 g/mol. The van der Waals surface area contributed by atoms with Crippen LogP contribution in [0.5, 0.6) is 0 Å². The van der Waals surface area contributed by atoms with E-state index in [0.29, 0.717) is 10.8 Å². The van der Waals surface area contributed by atoms with Crippen molar-refractivity contribution < 1.29 is 8.42 Å². The summed E-state index contributed by atoms with van der Waals surface area (Å²) in [5.74, 6) is 0.711. The van der Waals surface area contributed by atoms with Gasteiger partial charge < -0.3 is 0 Å². The molecule has 4 heteroatoms. The van der Waals surface area contributed by atoms with Gasteiger partial charge in [-0.1, -0.05) is 43.3 Å². The number of hydrogen-bond donors (Lipinski definition) is 1. The van der Waals surface area contributed by atoms with Crippen molar-refractivity contribution >= 4 is 20.8 Å². The third-order valence-electron chi connectivity index (χ3n) is 4.38. The van der Waals surface area contributed by atoms with Crippen LogP contribution in [0.4, 0.5) is 0 Å². The van der Waals surface area contributed by atoms with Crippen LogP contribution in [0.3, 0.4) is 0 Å². The van der Waals surface area contributed by atoms with E-state index in [1.54, 1.807) is 12.1 Å². The summed E-state index contributed by atoms with van der Waals surface area (Å²) in [7, 11) is -3.45. The molecule has 0 saturated heterocycles. The fraction of sp³-hybridized carbons (Fsp3) is 0.412. The molecule has 21 heavy (non-hydrogen) atoms. The van der Waals surface area contributed by atoms with Gasteiger partial charge in [0.1, 0.15) is 0 Å². The van der Waals surface area contributed by atoms with Gasteiger partial charge in [-0.2, -0.15) is 0 Å². The van der Waals surface area contributed by atoms with E-state index in [0.717, 1.165) is 36.5 Å². The third-order valence-corrected chi connectivity index (χ3v) is 5.96. The first-order valence-corrected chi connectivity index (χ1v) is 9.05. The second-order valence-corrected chi connectivity index (χ2v) is 7.74. The van der Waals surface area contributed by atoms with Crippen LogP contribution in [-0.4, -0.2) is 14.5 Å². The van der Waals surface area contributed by atoms with E-state index in [1.165, 1.54) is 0 Å². The maximum Gasteiger partial charge on any atom is 0.241 e. The Bertz CT molecular complexity index is 726. The van der Waals surface area contributed by atoms with E-state index < -0.39 is 10.0 Å². The number of nitrogens with one attached hydrogen (secondary N) is 1. The monoisotopic (exact) mass is 303 g/mol. The predicted molar refractivity (Wildman–Crippen MR) is 85.7 cm³/mol. The largest absolute Gasteiger partial charge is 0.241 e. The van der Waals surface area contributed by atoms with Gasteiger partial charge in [0.25, 0.3) is 0 Å². The number of rotatable bonds is 3. The summed E-state index contributed by atoms with van der Waals surface area (Å²) in [4.78, 5) is 0.388. The lowest BCUT2D eigenvalue weighted by atomic mass is 9.88. The minimum absolute atomic E-state index is 0.0742. The van der Waals surface area contributed by atoms with E-state index in [2.05, 4.69) is 11.6 Å². The highest BCUT2D eigenvalue weighted by Crippen LogP contribution is 2.27. The lowest BCUT2D eigenvalue weighted by Gasteiger charge is -2.26. The molecule has 0 bridgehead atoms. The quantitative estimate of drug-likeness (QED) is 0.940. The predicted octanol–water partition coefficient (Wildman–Crippen LogP) is 3.70. The topological polar surface area (TPSA) is 46.2 Å². The van der Waals surface area contributed by atoms with Gasteiger partial charge in [0.15, 0.2) is 0 Å². The number of benzene rings is 2. The molecule has 1 aliphatic carbocycles. The first kappa shape index (κ1) is 14.5. The Labute approximate surface area is 126 Å². The molecule has 3 rings (SSSR count). The van der Waals surface area contributed by atoms with E-state index >= 15 is 0 Å². The highest BCUT2D eigenvalue weighted by atomic mass is 32.2. The van der Waals surface area contributed by atoms with Gasteiger partial charge >= 0.3 is 0 Å². The molecular formula is C17H21NO2S. The van der Waals surface area contributed by atoms with Crippen molar-refractivity contribution in [2.24, 2.45) is 5.92 Å². The molecule has 1 N–H and O–H groups in total. The zero-order chi connectivity index (χ0) is 14.9. The van der Waals surface area contributed by atoms with Crippen LogP contribution in [0, 0.1) is 5.92 Å².